The smallest absolute Gasteiger partial charge is 0.316 e. The molecule has 13 heteroatoms. The minimum atomic E-state index is -1.11. The minimum Gasteiger partial charge on any atom is -0.442 e. The molecular formula is C30H44N6O7. The van der Waals surface area contributed by atoms with Gasteiger partial charge in [-0.25, -0.2) is 9.78 Å². The van der Waals surface area contributed by atoms with Crippen molar-refractivity contribution in [2.45, 2.75) is 91.9 Å². The summed E-state index contributed by atoms with van der Waals surface area (Å²) < 4.78 is 5.12. The molecule has 0 bridgehead atoms. The summed E-state index contributed by atoms with van der Waals surface area (Å²) in [6, 6.07) is -4.68. The number of hydrogen-bond acceptors (Lipinski definition) is 8. The van der Waals surface area contributed by atoms with Crippen LogP contribution in [0, 0.1) is 34.5 Å². The fourth-order valence-electron chi connectivity index (χ4n) is 6.30. The molecule has 1 aromatic rings. The molecule has 0 spiro atoms. The molecule has 236 valence electrons. The van der Waals surface area contributed by atoms with Crippen LogP contribution in [0.5, 0.6) is 0 Å². The normalized spacial score (nSPS) is 24.4. The first-order valence-corrected chi connectivity index (χ1v) is 14.9. The van der Waals surface area contributed by atoms with Crippen molar-refractivity contribution in [1.82, 2.24) is 25.8 Å². The summed E-state index contributed by atoms with van der Waals surface area (Å²) in [5, 5.41) is 8.14. The molecule has 2 heterocycles. The van der Waals surface area contributed by atoms with Gasteiger partial charge in [0, 0.05) is 6.54 Å². The second-order valence-electron chi connectivity index (χ2n) is 14.2. The van der Waals surface area contributed by atoms with Crippen molar-refractivity contribution in [3.63, 3.8) is 0 Å². The average Bonchev–Trinajstić information content (AvgIpc) is 3.60. The average molecular weight is 601 g/mol. The van der Waals surface area contributed by atoms with Crippen molar-refractivity contribution in [3.8, 4) is 0 Å². The molecule has 43 heavy (non-hydrogen) atoms. The van der Waals surface area contributed by atoms with Gasteiger partial charge in [-0.05, 0) is 40.9 Å². The number of carbonyl (C=O) groups excluding carboxylic acids is 6. The summed E-state index contributed by atoms with van der Waals surface area (Å²) in [5.41, 5.74) is 4.30. The molecule has 0 radical (unpaired) electrons. The number of hydrogen-bond donors (Lipinski definition) is 4. The van der Waals surface area contributed by atoms with Crippen LogP contribution in [0.1, 0.15) is 78.4 Å². The number of oxazole rings is 1. The van der Waals surface area contributed by atoms with Gasteiger partial charge in [0.05, 0.1) is 12.2 Å². The van der Waals surface area contributed by atoms with Crippen LogP contribution in [0.15, 0.2) is 16.9 Å². The molecule has 1 aliphatic heterocycles. The standard InChI is InChI=1S/C30H44N6O7/c1-14(2)19(22(38)26-32-10-11-43-26)34-28(42)35-23(29(3,4)5)27(41)36-13-16-18(30(16,6)7)20(36)25(40)33-17(12-15-8-9-15)21(37)24(31)39/h10-11,14-20,23H,8-9,12-13H2,1-7H3,(H2,31,39)(H,33,40)(H2,34,35,42)/t16-,17?,18+,19+,20+,23-/m1/s1. The van der Waals surface area contributed by atoms with Crippen LogP contribution >= 0.6 is 0 Å². The van der Waals surface area contributed by atoms with E-state index in [0.29, 0.717) is 13.0 Å². The van der Waals surface area contributed by atoms with Crippen LogP contribution in [0.4, 0.5) is 4.79 Å². The summed E-state index contributed by atoms with van der Waals surface area (Å²) in [4.78, 5) is 83.7. The first-order valence-electron chi connectivity index (χ1n) is 14.9. The summed E-state index contributed by atoms with van der Waals surface area (Å²) in [5.74, 6) is -3.74. The molecular weight excluding hydrogens is 556 g/mol. The third-order valence-electron chi connectivity index (χ3n) is 9.17. The maximum absolute atomic E-state index is 14.1. The van der Waals surface area contributed by atoms with Crippen LogP contribution in [-0.4, -0.2) is 75.9 Å². The molecule has 3 fully saturated rings. The predicted octanol–water partition coefficient (Wildman–Crippen LogP) is 1.42. The second kappa shape index (κ2) is 11.7. The van der Waals surface area contributed by atoms with Gasteiger partial charge in [-0.15, -0.1) is 0 Å². The van der Waals surface area contributed by atoms with E-state index in [4.69, 9.17) is 10.2 Å². The Bertz CT molecular complexity index is 1280. The highest BCUT2D eigenvalue weighted by atomic mass is 16.3. The number of nitrogens with zero attached hydrogens (tertiary/aromatic N) is 2. The summed E-state index contributed by atoms with van der Waals surface area (Å²) in [6.45, 7) is 13.3. The number of amides is 5. The third-order valence-corrected chi connectivity index (χ3v) is 9.17. The number of piperidine rings is 1. The van der Waals surface area contributed by atoms with Crippen LogP contribution in [0.3, 0.4) is 0 Å². The Morgan fingerprint density at radius 1 is 1.09 bits per heavy atom. The predicted molar refractivity (Wildman–Crippen MR) is 154 cm³/mol. The van der Waals surface area contributed by atoms with Crippen LogP contribution in [-0.2, 0) is 19.2 Å². The van der Waals surface area contributed by atoms with Gasteiger partial charge < -0.3 is 31.0 Å². The lowest BCUT2D eigenvalue weighted by atomic mass is 9.85. The number of nitrogens with two attached hydrogens (primary N) is 1. The van der Waals surface area contributed by atoms with Crippen molar-refractivity contribution in [3.05, 3.63) is 18.4 Å². The van der Waals surface area contributed by atoms with Gasteiger partial charge in [-0.1, -0.05) is 61.3 Å². The molecule has 4 rings (SSSR count). The fourth-order valence-corrected chi connectivity index (χ4v) is 6.30. The first kappa shape index (κ1) is 32.2. The highest BCUT2D eigenvalue weighted by Gasteiger charge is 2.70. The molecule has 13 nitrogen and oxygen atoms in total. The number of ketones is 2. The van der Waals surface area contributed by atoms with E-state index < -0.39 is 64.9 Å². The molecule has 5 amide bonds. The quantitative estimate of drug-likeness (QED) is 0.204. The third kappa shape index (κ3) is 6.75. The lowest BCUT2D eigenvalue weighted by molar-refractivity contribution is -0.145. The molecule has 3 aliphatic rings. The number of rotatable bonds is 12. The number of likely N-dealkylation sites (tertiary alicyclic amines) is 1. The molecule has 2 aliphatic carbocycles. The van der Waals surface area contributed by atoms with Crippen molar-refractivity contribution in [1.29, 1.82) is 0 Å². The lowest BCUT2D eigenvalue weighted by Crippen LogP contribution is -2.62. The van der Waals surface area contributed by atoms with E-state index in [1.807, 2.05) is 13.8 Å². The molecule has 0 aromatic carbocycles. The molecule has 1 unspecified atom stereocenters. The Morgan fingerprint density at radius 3 is 2.26 bits per heavy atom. The maximum atomic E-state index is 14.1. The first-order chi connectivity index (χ1) is 19.9. The Morgan fingerprint density at radius 2 is 1.74 bits per heavy atom. The van der Waals surface area contributed by atoms with E-state index in [1.54, 1.807) is 34.6 Å². The van der Waals surface area contributed by atoms with Crippen molar-refractivity contribution in [2.24, 2.45) is 40.2 Å². The molecule has 5 N–H and O–H groups in total. The van der Waals surface area contributed by atoms with Gasteiger partial charge in [-0.2, -0.15) is 0 Å². The Labute approximate surface area is 251 Å². The Kier molecular flexibility index (Phi) is 8.77. The minimum absolute atomic E-state index is 0.0547. The maximum Gasteiger partial charge on any atom is 0.316 e. The molecule has 2 saturated carbocycles. The van der Waals surface area contributed by atoms with Crippen molar-refractivity contribution in [2.75, 3.05) is 6.54 Å². The zero-order valence-electron chi connectivity index (χ0n) is 25.9. The molecule has 6 atom stereocenters. The number of fused-ring (bicyclic) bond motifs is 1. The second-order valence-corrected chi connectivity index (χ2v) is 14.2. The van der Waals surface area contributed by atoms with Gasteiger partial charge in [0.25, 0.3) is 11.8 Å². The van der Waals surface area contributed by atoms with E-state index in [0.717, 1.165) is 12.8 Å². The van der Waals surface area contributed by atoms with Crippen molar-refractivity contribution >= 4 is 35.3 Å². The number of urea groups is 1. The van der Waals surface area contributed by atoms with E-state index in [9.17, 15) is 28.8 Å². The van der Waals surface area contributed by atoms with Crippen LogP contribution in [0.25, 0.3) is 0 Å². The zero-order chi connectivity index (χ0) is 32.0. The summed E-state index contributed by atoms with van der Waals surface area (Å²) >= 11 is 0. The molecule has 1 saturated heterocycles. The van der Waals surface area contributed by atoms with Gasteiger partial charge in [0.2, 0.25) is 23.4 Å². The van der Waals surface area contributed by atoms with E-state index in [2.05, 4.69) is 20.9 Å². The van der Waals surface area contributed by atoms with Gasteiger partial charge in [0.1, 0.15) is 24.4 Å². The van der Waals surface area contributed by atoms with Crippen molar-refractivity contribution < 1.29 is 33.2 Å². The largest absolute Gasteiger partial charge is 0.442 e. The summed E-state index contributed by atoms with van der Waals surface area (Å²) in [6.07, 6.45) is 4.75. The Balaban J connectivity index is 1.53. The van der Waals surface area contributed by atoms with E-state index in [-0.39, 0.29) is 35.0 Å². The highest BCUT2D eigenvalue weighted by molar-refractivity contribution is 6.37. The monoisotopic (exact) mass is 600 g/mol. The number of carbonyl (C=O) groups is 6. The topological polar surface area (TPSA) is 194 Å². The number of aromatic nitrogens is 1. The lowest BCUT2D eigenvalue weighted by Gasteiger charge is -2.38. The zero-order valence-corrected chi connectivity index (χ0v) is 25.9. The molecule has 1 aromatic heterocycles. The number of nitrogens with one attached hydrogen (secondary N) is 3. The van der Waals surface area contributed by atoms with Crippen LogP contribution < -0.4 is 21.7 Å². The highest BCUT2D eigenvalue weighted by Crippen LogP contribution is 2.65. The van der Waals surface area contributed by atoms with E-state index >= 15 is 0 Å². The SMILES string of the molecule is CC(C)[C@H](NC(=O)N[C@H](C(=O)N1C[C@@H]2[C@@H]([C@H]1C(=O)NC(CC1CC1)C(=O)C(N)=O)C2(C)C)C(C)(C)C)C(=O)c1ncco1. The van der Waals surface area contributed by atoms with Gasteiger partial charge in [0.15, 0.2) is 0 Å². The van der Waals surface area contributed by atoms with Gasteiger partial charge >= 0.3 is 6.03 Å². The van der Waals surface area contributed by atoms with E-state index in [1.165, 1.54) is 17.4 Å². The number of primary amides is 1. The van der Waals surface area contributed by atoms with Gasteiger partial charge in [-0.3, -0.25) is 24.0 Å². The fraction of sp³-hybridized carbons (Fsp3) is 0.700. The summed E-state index contributed by atoms with van der Waals surface area (Å²) in [7, 11) is 0. The Hall–Kier alpha value is -3.77. The number of Topliss-reactive ketones (excluding diaryl/α,β-unsaturated/α-hetero) is 2. The van der Waals surface area contributed by atoms with Crippen LogP contribution in [0.2, 0.25) is 0 Å².